The van der Waals surface area contributed by atoms with E-state index in [-0.39, 0.29) is 29.7 Å². The number of likely N-dealkylation sites (tertiary alicyclic amines) is 1. The van der Waals surface area contributed by atoms with Crippen molar-refractivity contribution in [2.45, 2.75) is 58.7 Å². The van der Waals surface area contributed by atoms with Crippen LogP contribution in [0.25, 0.3) is 21.9 Å². The summed E-state index contributed by atoms with van der Waals surface area (Å²) in [5, 5.41) is 1.88. The van der Waals surface area contributed by atoms with Gasteiger partial charge in [0.15, 0.2) is 17.2 Å². The van der Waals surface area contributed by atoms with Crippen LogP contribution in [0.4, 0.5) is 0 Å². The van der Waals surface area contributed by atoms with Gasteiger partial charge < -0.3 is 10.6 Å². The molecule has 3 aromatic heterocycles. The van der Waals surface area contributed by atoms with Crippen molar-refractivity contribution in [3.63, 3.8) is 0 Å². The van der Waals surface area contributed by atoms with E-state index in [0.29, 0.717) is 24.6 Å². The Balaban J connectivity index is 1.85. The molecular formula is C21H26N6O3S. The smallest absolute Gasteiger partial charge is 0.330 e. The summed E-state index contributed by atoms with van der Waals surface area (Å²) < 4.78 is 2.77. The van der Waals surface area contributed by atoms with Crippen LogP contribution in [0.3, 0.4) is 0 Å². The van der Waals surface area contributed by atoms with Crippen molar-refractivity contribution in [2.75, 3.05) is 6.54 Å². The van der Waals surface area contributed by atoms with Gasteiger partial charge in [0.25, 0.3) is 5.91 Å². The minimum Gasteiger partial charge on any atom is -0.364 e. The SMILES string of the molecule is CC[C@H]1CCCCN1C(=O)Cn1c(=O)n(CC)c2nc(-c3cccs3)nc(C(N)=O)c21. The number of aromatic nitrogens is 4. The molecule has 2 amide bonds. The molecule has 1 atom stereocenters. The number of piperidine rings is 1. The second-order valence-corrected chi connectivity index (χ2v) is 8.62. The molecule has 1 fully saturated rings. The number of carbonyl (C=O) groups is 2. The number of hydrogen-bond acceptors (Lipinski definition) is 6. The van der Waals surface area contributed by atoms with Crippen molar-refractivity contribution >= 4 is 34.3 Å². The number of carbonyl (C=O) groups excluding carboxylic acids is 2. The van der Waals surface area contributed by atoms with Crippen molar-refractivity contribution in [1.82, 2.24) is 24.0 Å². The number of hydrogen-bond donors (Lipinski definition) is 1. The molecule has 31 heavy (non-hydrogen) atoms. The molecule has 0 radical (unpaired) electrons. The van der Waals surface area contributed by atoms with Gasteiger partial charge in [0.2, 0.25) is 5.91 Å². The highest BCUT2D eigenvalue weighted by Gasteiger charge is 2.29. The maximum Gasteiger partial charge on any atom is 0.330 e. The molecule has 4 rings (SSSR count). The van der Waals surface area contributed by atoms with Gasteiger partial charge in [0, 0.05) is 19.1 Å². The van der Waals surface area contributed by atoms with Crippen molar-refractivity contribution < 1.29 is 9.59 Å². The molecule has 1 aliphatic heterocycles. The van der Waals surface area contributed by atoms with Crippen LogP contribution in [-0.2, 0) is 17.9 Å². The lowest BCUT2D eigenvalue weighted by atomic mass is 10.00. The Kier molecular flexibility index (Phi) is 5.90. The predicted molar refractivity (Wildman–Crippen MR) is 119 cm³/mol. The number of imidazole rings is 1. The lowest BCUT2D eigenvalue weighted by Gasteiger charge is -2.35. The van der Waals surface area contributed by atoms with Crippen LogP contribution < -0.4 is 11.4 Å². The molecule has 1 saturated heterocycles. The summed E-state index contributed by atoms with van der Waals surface area (Å²) in [5.41, 5.74) is 5.74. The van der Waals surface area contributed by atoms with Gasteiger partial charge in [-0.1, -0.05) is 13.0 Å². The third kappa shape index (κ3) is 3.76. The zero-order valence-corrected chi connectivity index (χ0v) is 18.5. The molecule has 164 valence electrons. The average molecular weight is 443 g/mol. The minimum absolute atomic E-state index is 0.0452. The number of fused-ring (bicyclic) bond motifs is 1. The Morgan fingerprint density at radius 2 is 2.03 bits per heavy atom. The Bertz CT molecular complexity index is 1180. The van der Waals surface area contributed by atoms with Gasteiger partial charge in [-0.2, -0.15) is 0 Å². The summed E-state index contributed by atoms with van der Waals surface area (Å²) in [7, 11) is 0. The van der Waals surface area contributed by atoms with E-state index in [9.17, 15) is 14.4 Å². The van der Waals surface area contributed by atoms with Crippen LogP contribution >= 0.6 is 11.3 Å². The van der Waals surface area contributed by atoms with Gasteiger partial charge in [0.05, 0.1) is 4.88 Å². The van der Waals surface area contributed by atoms with E-state index in [1.807, 2.05) is 29.3 Å². The van der Waals surface area contributed by atoms with Crippen LogP contribution in [0.1, 0.15) is 50.0 Å². The largest absolute Gasteiger partial charge is 0.364 e. The molecule has 0 unspecified atom stereocenters. The fraction of sp³-hybridized carbons (Fsp3) is 0.476. The standard InChI is InChI=1S/C21H26N6O3S/c1-3-13-8-5-6-10-26(13)15(28)12-27-17-16(18(22)29)23-19(14-9-7-11-31-14)24-20(17)25(4-2)21(27)30/h7,9,11,13H,3-6,8,10,12H2,1-2H3,(H2,22,29)/t13-/m0/s1. The van der Waals surface area contributed by atoms with Crippen molar-refractivity contribution in [1.29, 1.82) is 0 Å². The molecule has 10 heteroatoms. The highest BCUT2D eigenvalue weighted by Crippen LogP contribution is 2.25. The first-order valence-electron chi connectivity index (χ1n) is 10.6. The van der Waals surface area contributed by atoms with Gasteiger partial charge in [-0.15, -0.1) is 11.3 Å². The second kappa shape index (κ2) is 8.62. The van der Waals surface area contributed by atoms with Crippen molar-refractivity contribution in [3.05, 3.63) is 33.7 Å². The van der Waals surface area contributed by atoms with E-state index in [4.69, 9.17) is 5.73 Å². The molecule has 3 aromatic rings. The van der Waals surface area contributed by atoms with Gasteiger partial charge in [-0.3, -0.25) is 18.7 Å². The zero-order valence-electron chi connectivity index (χ0n) is 17.7. The summed E-state index contributed by atoms with van der Waals surface area (Å²) in [4.78, 5) is 50.2. The highest BCUT2D eigenvalue weighted by atomic mass is 32.1. The first kappa shape index (κ1) is 21.2. The van der Waals surface area contributed by atoms with Crippen molar-refractivity contribution in [3.8, 4) is 10.7 Å². The first-order chi connectivity index (χ1) is 15.0. The second-order valence-electron chi connectivity index (χ2n) is 7.67. The molecule has 9 nitrogen and oxygen atoms in total. The topological polar surface area (TPSA) is 116 Å². The molecule has 0 aromatic carbocycles. The molecule has 4 heterocycles. The number of aryl methyl sites for hydroxylation is 1. The molecule has 0 spiro atoms. The Labute approximate surface area is 183 Å². The van der Waals surface area contributed by atoms with Gasteiger partial charge in [-0.25, -0.2) is 14.8 Å². The van der Waals surface area contributed by atoms with Gasteiger partial charge in [0.1, 0.15) is 12.1 Å². The summed E-state index contributed by atoms with van der Waals surface area (Å²) >= 11 is 1.43. The summed E-state index contributed by atoms with van der Waals surface area (Å²) in [6.07, 6.45) is 3.89. The summed E-state index contributed by atoms with van der Waals surface area (Å²) in [6, 6.07) is 3.87. The number of thiophene rings is 1. The Hall–Kier alpha value is -3.01. The number of nitrogens with zero attached hydrogens (tertiary/aromatic N) is 5. The van der Waals surface area contributed by atoms with Crippen molar-refractivity contribution in [2.24, 2.45) is 5.73 Å². The fourth-order valence-corrected chi connectivity index (χ4v) is 4.97. The molecule has 2 N–H and O–H groups in total. The van der Waals surface area contributed by atoms with E-state index in [0.717, 1.165) is 30.6 Å². The number of amides is 2. The molecule has 0 aliphatic carbocycles. The van der Waals surface area contributed by atoms with Crippen LogP contribution in [-0.4, -0.2) is 48.4 Å². The predicted octanol–water partition coefficient (Wildman–Crippen LogP) is 2.23. The average Bonchev–Trinajstić information content (AvgIpc) is 3.40. The monoisotopic (exact) mass is 442 g/mol. The quantitative estimate of drug-likeness (QED) is 0.628. The summed E-state index contributed by atoms with van der Waals surface area (Å²) in [6.45, 7) is 4.75. The third-order valence-corrected chi connectivity index (χ3v) is 6.72. The number of nitrogens with two attached hydrogens (primary N) is 1. The van der Waals surface area contributed by atoms with E-state index in [2.05, 4.69) is 16.9 Å². The Morgan fingerprint density at radius 1 is 1.23 bits per heavy atom. The highest BCUT2D eigenvalue weighted by molar-refractivity contribution is 7.13. The molecule has 1 aliphatic rings. The normalized spacial score (nSPS) is 16.7. The number of rotatable bonds is 6. The van der Waals surface area contributed by atoms with E-state index in [1.54, 1.807) is 0 Å². The van der Waals surface area contributed by atoms with E-state index < -0.39 is 11.6 Å². The lowest BCUT2D eigenvalue weighted by Crippen LogP contribution is -2.45. The maximum atomic E-state index is 13.2. The van der Waals surface area contributed by atoms with Gasteiger partial charge >= 0.3 is 5.69 Å². The zero-order chi connectivity index (χ0) is 22.1. The maximum absolute atomic E-state index is 13.2. The number of primary amides is 1. The van der Waals surface area contributed by atoms with Crippen LogP contribution in [0.2, 0.25) is 0 Å². The van der Waals surface area contributed by atoms with Gasteiger partial charge in [-0.05, 0) is 44.1 Å². The minimum atomic E-state index is -0.760. The van der Waals surface area contributed by atoms with Crippen LogP contribution in [0, 0.1) is 0 Å². The van der Waals surface area contributed by atoms with Crippen LogP contribution in [0.15, 0.2) is 22.3 Å². The van der Waals surface area contributed by atoms with E-state index >= 15 is 0 Å². The van der Waals surface area contributed by atoms with Crippen LogP contribution in [0.5, 0.6) is 0 Å². The summed E-state index contributed by atoms with van der Waals surface area (Å²) in [5.74, 6) is -0.560. The lowest BCUT2D eigenvalue weighted by molar-refractivity contribution is -0.135. The molecular weight excluding hydrogens is 416 g/mol. The van der Waals surface area contributed by atoms with E-state index in [1.165, 1.54) is 20.5 Å². The molecule has 0 saturated carbocycles. The third-order valence-electron chi connectivity index (χ3n) is 5.86. The first-order valence-corrected chi connectivity index (χ1v) is 11.5. The Morgan fingerprint density at radius 3 is 2.68 bits per heavy atom. The fourth-order valence-electron chi connectivity index (χ4n) is 4.31. The molecule has 0 bridgehead atoms.